The van der Waals surface area contributed by atoms with Crippen LogP contribution in [0.15, 0.2) is 58.6 Å². The van der Waals surface area contributed by atoms with E-state index in [0.29, 0.717) is 0 Å². The monoisotopic (exact) mass is 396 g/mol. The fourth-order valence-corrected chi connectivity index (χ4v) is 5.83. The van der Waals surface area contributed by atoms with Gasteiger partial charge in [-0.2, -0.15) is 0 Å². The van der Waals surface area contributed by atoms with E-state index >= 15 is 0 Å². The Bertz CT molecular complexity index is 927. The zero-order chi connectivity index (χ0) is 18.6. The van der Waals surface area contributed by atoms with Crippen molar-refractivity contribution in [1.29, 1.82) is 0 Å². The molecule has 1 aromatic heterocycles. The van der Waals surface area contributed by atoms with Crippen LogP contribution in [-0.2, 0) is 20.0 Å². The summed E-state index contributed by atoms with van der Waals surface area (Å²) < 4.78 is 54.2. The molecule has 8 heteroatoms. The highest BCUT2D eigenvalue weighted by atomic mass is 32.2. The molecule has 2 aromatic rings. The van der Waals surface area contributed by atoms with E-state index in [1.54, 1.807) is 18.2 Å². The third kappa shape index (κ3) is 4.36. The molecule has 0 radical (unpaired) electrons. The molecule has 0 saturated heterocycles. The van der Waals surface area contributed by atoms with Crippen LogP contribution in [0.25, 0.3) is 0 Å². The largest absolute Gasteiger partial charge is 0.267 e. The Morgan fingerprint density at radius 3 is 2.08 bits per heavy atom. The number of benzene rings is 1. The first-order chi connectivity index (χ1) is 12.4. The minimum Gasteiger partial charge on any atom is -0.248 e. The Balaban J connectivity index is 1.80. The van der Waals surface area contributed by atoms with Crippen LogP contribution >= 0.6 is 0 Å². The summed E-state index contributed by atoms with van der Waals surface area (Å²) in [4.78, 5) is 0.0894. The van der Waals surface area contributed by atoms with E-state index in [9.17, 15) is 16.8 Å². The Hall–Kier alpha value is -1.64. The van der Waals surface area contributed by atoms with Gasteiger partial charge in [-0.05, 0) is 31.0 Å². The van der Waals surface area contributed by atoms with Gasteiger partial charge in [-0.1, -0.05) is 50.3 Å². The van der Waals surface area contributed by atoms with Gasteiger partial charge in [-0.15, -0.1) is 0 Å². The lowest BCUT2D eigenvalue weighted by atomic mass is 9.97. The molecule has 1 N–H and O–H groups in total. The standard InChI is InChI=1S/C18H24N2O4S2/c21-25(22,19-16-9-5-2-1-3-6-10-16)18-13-14-20(15-18)26(23,24)17-11-7-4-8-12-17/h4,7-8,11-16,19H,1-3,5-6,9-10H2. The summed E-state index contributed by atoms with van der Waals surface area (Å²) in [7, 11) is -7.54. The minimum atomic E-state index is -3.80. The maximum atomic E-state index is 12.7. The van der Waals surface area contributed by atoms with Crippen LogP contribution in [-0.4, -0.2) is 26.8 Å². The van der Waals surface area contributed by atoms with Crippen molar-refractivity contribution < 1.29 is 16.8 Å². The molecule has 1 saturated carbocycles. The van der Waals surface area contributed by atoms with Crippen molar-refractivity contribution in [2.24, 2.45) is 0 Å². The van der Waals surface area contributed by atoms with Gasteiger partial charge in [0.2, 0.25) is 10.0 Å². The average molecular weight is 397 g/mol. The summed E-state index contributed by atoms with van der Waals surface area (Å²) in [6.07, 6.45) is 9.56. The van der Waals surface area contributed by atoms with Crippen molar-refractivity contribution in [1.82, 2.24) is 8.69 Å². The second kappa shape index (κ2) is 7.94. The van der Waals surface area contributed by atoms with Crippen molar-refractivity contribution in [3.05, 3.63) is 48.8 Å². The molecule has 1 aliphatic rings. The third-order valence-electron chi connectivity index (χ3n) is 4.70. The Labute approximate surface area is 155 Å². The first-order valence-corrected chi connectivity index (χ1v) is 11.8. The second-order valence-corrected chi connectivity index (χ2v) is 10.2. The van der Waals surface area contributed by atoms with Gasteiger partial charge >= 0.3 is 0 Å². The van der Waals surface area contributed by atoms with Crippen LogP contribution in [0, 0.1) is 0 Å². The highest BCUT2D eigenvalue weighted by molar-refractivity contribution is 7.90. The summed E-state index contributed by atoms with van der Waals surface area (Å²) >= 11 is 0. The van der Waals surface area contributed by atoms with Gasteiger partial charge in [0.05, 0.1) is 4.90 Å². The molecular formula is C18H24N2O4S2. The van der Waals surface area contributed by atoms with Crippen molar-refractivity contribution in [2.45, 2.75) is 60.8 Å². The molecule has 1 heterocycles. The number of hydrogen-bond donors (Lipinski definition) is 1. The number of rotatable bonds is 5. The summed E-state index contributed by atoms with van der Waals surface area (Å²) in [6, 6.07) is 9.19. The fourth-order valence-electron chi connectivity index (χ4n) is 3.24. The van der Waals surface area contributed by atoms with E-state index < -0.39 is 20.0 Å². The zero-order valence-corrected chi connectivity index (χ0v) is 16.2. The molecule has 3 rings (SSSR count). The maximum Gasteiger partial charge on any atom is 0.267 e. The third-order valence-corrected chi connectivity index (χ3v) is 7.85. The van der Waals surface area contributed by atoms with Gasteiger partial charge in [-0.3, -0.25) is 0 Å². The van der Waals surface area contributed by atoms with E-state index in [1.165, 1.54) is 30.8 Å². The molecule has 142 valence electrons. The van der Waals surface area contributed by atoms with E-state index in [0.717, 1.165) is 48.7 Å². The maximum absolute atomic E-state index is 12.7. The normalized spacial score (nSPS) is 17.5. The quantitative estimate of drug-likeness (QED) is 0.841. The summed E-state index contributed by atoms with van der Waals surface area (Å²) in [6.45, 7) is 0. The number of nitrogens with one attached hydrogen (secondary N) is 1. The van der Waals surface area contributed by atoms with Gasteiger partial charge in [0.1, 0.15) is 4.90 Å². The first-order valence-electron chi connectivity index (χ1n) is 8.90. The van der Waals surface area contributed by atoms with E-state index in [4.69, 9.17) is 0 Å². The molecule has 0 aliphatic heterocycles. The molecule has 1 fully saturated rings. The highest BCUT2D eigenvalue weighted by Gasteiger charge is 2.24. The number of sulfonamides is 1. The van der Waals surface area contributed by atoms with Crippen molar-refractivity contribution in [3.8, 4) is 0 Å². The number of nitrogens with zero attached hydrogens (tertiary/aromatic N) is 1. The molecule has 6 nitrogen and oxygen atoms in total. The van der Waals surface area contributed by atoms with Crippen molar-refractivity contribution in [3.63, 3.8) is 0 Å². The van der Waals surface area contributed by atoms with Crippen molar-refractivity contribution in [2.75, 3.05) is 0 Å². The predicted molar refractivity (Wildman–Crippen MR) is 99.9 cm³/mol. The van der Waals surface area contributed by atoms with Crippen LogP contribution in [0.2, 0.25) is 0 Å². The minimum absolute atomic E-state index is 0.0286. The van der Waals surface area contributed by atoms with Crippen LogP contribution < -0.4 is 4.72 Å². The van der Waals surface area contributed by atoms with Gasteiger partial charge in [0, 0.05) is 18.4 Å². The van der Waals surface area contributed by atoms with Gasteiger partial charge in [-0.25, -0.2) is 25.5 Å². The van der Waals surface area contributed by atoms with E-state index in [2.05, 4.69) is 4.72 Å². The van der Waals surface area contributed by atoms with E-state index in [1.807, 2.05) is 0 Å². The van der Waals surface area contributed by atoms with Gasteiger partial charge < -0.3 is 0 Å². The Morgan fingerprint density at radius 2 is 1.42 bits per heavy atom. The zero-order valence-electron chi connectivity index (χ0n) is 14.5. The lowest BCUT2D eigenvalue weighted by molar-refractivity contribution is 0.426. The fraction of sp³-hybridized carbons (Fsp3) is 0.444. The van der Waals surface area contributed by atoms with Crippen LogP contribution in [0.5, 0.6) is 0 Å². The van der Waals surface area contributed by atoms with Crippen molar-refractivity contribution >= 4 is 20.0 Å². The molecule has 0 spiro atoms. The van der Waals surface area contributed by atoms with Crippen LogP contribution in [0.1, 0.15) is 44.9 Å². The van der Waals surface area contributed by atoms with Crippen LogP contribution in [0.3, 0.4) is 0 Å². The van der Waals surface area contributed by atoms with Gasteiger partial charge in [0.15, 0.2) is 0 Å². The summed E-state index contributed by atoms with van der Waals surface area (Å²) in [5.41, 5.74) is 0. The average Bonchev–Trinajstić information content (AvgIpc) is 3.10. The lowest BCUT2D eigenvalue weighted by Gasteiger charge is -2.20. The summed E-state index contributed by atoms with van der Waals surface area (Å²) in [5, 5.41) is 0. The predicted octanol–water partition coefficient (Wildman–Crippen LogP) is 3.12. The topological polar surface area (TPSA) is 85.2 Å². The van der Waals surface area contributed by atoms with Crippen LogP contribution in [0.4, 0.5) is 0 Å². The Morgan fingerprint density at radius 1 is 0.808 bits per heavy atom. The molecule has 1 aliphatic carbocycles. The molecule has 1 aromatic carbocycles. The molecule has 0 bridgehead atoms. The van der Waals surface area contributed by atoms with E-state index in [-0.39, 0.29) is 15.8 Å². The first kappa shape index (κ1) is 19.1. The number of hydrogen-bond acceptors (Lipinski definition) is 4. The lowest BCUT2D eigenvalue weighted by Crippen LogP contribution is -2.35. The Kier molecular flexibility index (Phi) is 5.84. The molecule has 0 amide bonds. The molecular weight excluding hydrogens is 372 g/mol. The highest BCUT2D eigenvalue weighted by Crippen LogP contribution is 2.21. The van der Waals surface area contributed by atoms with Gasteiger partial charge in [0.25, 0.3) is 10.0 Å². The molecule has 26 heavy (non-hydrogen) atoms. The molecule has 0 unspecified atom stereocenters. The summed E-state index contributed by atoms with van der Waals surface area (Å²) in [5.74, 6) is 0. The molecule has 0 atom stereocenters. The number of aromatic nitrogens is 1. The second-order valence-electron chi connectivity index (χ2n) is 6.66. The smallest absolute Gasteiger partial charge is 0.248 e. The SMILES string of the molecule is O=S(=O)(NC1CCCCCCC1)c1ccn(S(=O)(=O)c2ccccc2)c1.